The molecule has 0 aliphatic heterocycles. The molecule has 86 valence electrons. The van der Waals surface area contributed by atoms with Crippen LogP contribution in [0.15, 0.2) is 30.3 Å². The number of hydrogen-bond acceptors (Lipinski definition) is 2. The van der Waals surface area contributed by atoms with Gasteiger partial charge in [0.25, 0.3) is 0 Å². The third kappa shape index (κ3) is 6.26. The molecule has 2 nitrogen and oxygen atoms in total. The summed E-state index contributed by atoms with van der Waals surface area (Å²) in [6, 6.07) is 9.80. The molecule has 0 spiro atoms. The Morgan fingerprint density at radius 2 is 1.80 bits per heavy atom. The summed E-state index contributed by atoms with van der Waals surface area (Å²) >= 11 is 0. The number of aliphatic hydroxyl groups excluding tert-OH is 1. The van der Waals surface area contributed by atoms with E-state index in [1.807, 2.05) is 51.2 Å². The highest BCUT2D eigenvalue weighted by molar-refractivity contribution is 5.16. The molecule has 0 saturated carbocycles. The molecule has 0 saturated heterocycles. The Hall–Kier alpha value is -0.860. The van der Waals surface area contributed by atoms with Gasteiger partial charge in [0.05, 0.1) is 6.10 Å². The monoisotopic (exact) mass is 209 g/mol. The van der Waals surface area contributed by atoms with Crippen LogP contribution in [0.1, 0.15) is 38.4 Å². The molecule has 0 amide bonds. The Kier molecular flexibility index (Phi) is 9.13. The lowest BCUT2D eigenvalue weighted by Gasteiger charge is -2.09. The van der Waals surface area contributed by atoms with Gasteiger partial charge in [0.2, 0.25) is 0 Å². The van der Waals surface area contributed by atoms with Crippen molar-refractivity contribution in [3.05, 3.63) is 35.9 Å². The first-order chi connectivity index (χ1) is 7.34. The molecular formula is C13H23NO. The summed E-state index contributed by atoms with van der Waals surface area (Å²) in [6.45, 7) is 4.96. The molecular weight excluding hydrogens is 186 g/mol. The van der Waals surface area contributed by atoms with Crippen LogP contribution in [0.3, 0.4) is 0 Å². The highest BCUT2D eigenvalue weighted by Gasteiger charge is 2.04. The van der Waals surface area contributed by atoms with Gasteiger partial charge in [-0.15, -0.1) is 0 Å². The fourth-order valence-corrected chi connectivity index (χ4v) is 1.31. The Morgan fingerprint density at radius 3 is 2.33 bits per heavy atom. The summed E-state index contributed by atoms with van der Waals surface area (Å²) in [4.78, 5) is 0. The van der Waals surface area contributed by atoms with Crippen LogP contribution in [0.5, 0.6) is 0 Å². The van der Waals surface area contributed by atoms with Crippen LogP contribution < -0.4 is 5.32 Å². The molecule has 0 fully saturated rings. The van der Waals surface area contributed by atoms with E-state index in [-0.39, 0.29) is 6.10 Å². The van der Waals surface area contributed by atoms with Crippen LogP contribution in [-0.4, -0.2) is 18.7 Å². The fraction of sp³-hybridized carbons (Fsp3) is 0.538. The number of rotatable bonds is 5. The summed E-state index contributed by atoms with van der Waals surface area (Å²) in [5.74, 6) is 0. The third-order valence-corrected chi connectivity index (χ3v) is 2.09. The molecule has 0 bridgehead atoms. The maximum Gasteiger partial charge on any atom is 0.0790 e. The highest BCUT2D eigenvalue weighted by atomic mass is 16.3. The zero-order valence-electron chi connectivity index (χ0n) is 10.0. The van der Waals surface area contributed by atoms with E-state index >= 15 is 0 Å². The van der Waals surface area contributed by atoms with Crippen molar-refractivity contribution < 1.29 is 5.11 Å². The quantitative estimate of drug-likeness (QED) is 0.731. The minimum absolute atomic E-state index is 0.311. The van der Waals surface area contributed by atoms with Gasteiger partial charge < -0.3 is 10.4 Å². The second-order valence-electron chi connectivity index (χ2n) is 3.17. The van der Waals surface area contributed by atoms with Gasteiger partial charge in [0.15, 0.2) is 0 Å². The predicted octanol–water partition coefficient (Wildman–Crippen LogP) is 2.75. The second-order valence-corrected chi connectivity index (χ2v) is 3.17. The summed E-state index contributed by atoms with van der Waals surface area (Å²) in [5, 5.41) is 12.8. The molecule has 0 aliphatic carbocycles. The second kappa shape index (κ2) is 9.69. The van der Waals surface area contributed by atoms with E-state index < -0.39 is 0 Å². The lowest BCUT2D eigenvalue weighted by molar-refractivity contribution is 0.164. The molecule has 0 radical (unpaired) electrons. The van der Waals surface area contributed by atoms with Gasteiger partial charge in [-0.25, -0.2) is 0 Å². The van der Waals surface area contributed by atoms with E-state index in [0.717, 1.165) is 24.9 Å². The predicted molar refractivity (Wildman–Crippen MR) is 65.9 cm³/mol. The van der Waals surface area contributed by atoms with E-state index in [2.05, 4.69) is 5.32 Å². The van der Waals surface area contributed by atoms with Gasteiger partial charge in [0, 0.05) is 0 Å². The number of nitrogens with one attached hydrogen (secondary N) is 1. The summed E-state index contributed by atoms with van der Waals surface area (Å²) < 4.78 is 0. The molecule has 15 heavy (non-hydrogen) atoms. The molecule has 1 unspecified atom stereocenters. The van der Waals surface area contributed by atoms with Gasteiger partial charge in [-0.05, 0) is 32.0 Å². The maximum atomic E-state index is 9.72. The zero-order valence-corrected chi connectivity index (χ0v) is 10.0. The van der Waals surface area contributed by atoms with Crippen molar-refractivity contribution in [3.63, 3.8) is 0 Å². The molecule has 0 aliphatic rings. The Morgan fingerprint density at radius 1 is 1.20 bits per heavy atom. The van der Waals surface area contributed by atoms with E-state index in [4.69, 9.17) is 0 Å². The number of benzene rings is 1. The Bertz CT molecular complexity index is 223. The lowest BCUT2D eigenvalue weighted by Crippen LogP contribution is -2.09. The topological polar surface area (TPSA) is 32.3 Å². The average molecular weight is 209 g/mol. The molecule has 2 N–H and O–H groups in total. The van der Waals surface area contributed by atoms with Gasteiger partial charge in [-0.2, -0.15) is 0 Å². The molecule has 0 aromatic heterocycles. The van der Waals surface area contributed by atoms with Crippen LogP contribution in [0, 0.1) is 0 Å². The first-order valence-corrected chi connectivity index (χ1v) is 5.72. The molecule has 0 heterocycles. The van der Waals surface area contributed by atoms with Crippen LogP contribution in [0.25, 0.3) is 0 Å². The molecule has 2 heteroatoms. The molecule has 1 atom stereocenters. The summed E-state index contributed by atoms with van der Waals surface area (Å²) in [5.41, 5.74) is 1.01. The third-order valence-electron chi connectivity index (χ3n) is 2.09. The van der Waals surface area contributed by atoms with Gasteiger partial charge in [-0.1, -0.05) is 44.2 Å². The van der Waals surface area contributed by atoms with Crippen molar-refractivity contribution >= 4 is 0 Å². The van der Waals surface area contributed by atoms with Crippen molar-refractivity contribution in [3.8, 4) is 0 Å². The summed E-state index contributed by atoms with van der Waals surface area (Å²) in [6.07, 6.45) is 1.52. The van der Waals surface area contributed by atoms with Gasteiger partial charge >= 0.3 is 0 Å². The largest absolute Gasteiger partial charge is 0.388 e. The lowest BCUT2D eigenvalue weighted by atomic mass is 10.1. The maximum absolute atomic E-state index is 9.72. The van der Waals surface area contributed by atoms with Crippen LogP contribution >= 0.6 is 0 Å². The van der Waals surface area contributed by atoms with Gasteiger partial charge in [0.1, 0.15) is 0 Å². The number of hydrogen-bond donors (Lipinski definition) is 2. The van der Waals surface area contributed by atoms with Crippen molar-refractivity contribution in [1.29, 1.82) is 0 Å². The minimum Gasteiger partial charge on any atom is -0.388 e. The normalized spacial score (nSPS) is 11.5. The smallest absolute Gasteiger partial charge is 0.0790 e. The zero-order chi connectivity index (χ0) is 11.5. The van der Waals surface area contributed by atoms with Crippen molar-refractivity contribution in [2.45, 2.75) is 32.8 Å². The standard InChI is InChI=1S/C11H17NO.C2H6/c1-12-9-5-8-11(13)10-6-3-2-4-7-10;1-2/h2-4,6-7,11-13H,5,8-9H2,1H3;1-2H3. The SMILES string of the molecule is CC.CNCCCC(O)c1ccccc1. The van der Waals surface area contributed by atoms with Crippen LogP contribution in [0.2, 0.25) is 0 Å². The first kappa shape index (κ1) is 14.1. The summed E-state index contributed by atoms with van der Waals surface area (Å²) in [7, 11) is 1.93. The van der Waals surface area contributed by atoms with E-state index in [0.29, 0.717) is 0 Å². The van der Waals surface area contributed by atoms with Crippen molar-refractivity contribution in [2.24, 2.45) is 0 Å². The minimum atomic E-state index is -0.311. The number of aliphatic hydroxyl groups is 1. The average Bonchev–Trinajstić information content (AvgIpc) is 2.33. The Balaban J connectivity index is 0.000000921. The van der Waals surface area contributed by atoms with Crippen molar-refractivity contribution in [2.75, 3.05) is 13.6 Å². The van der Waals surface area contributed by atoms with Crippen LogP contribution in [0.4, 0.5) is 0 Å². The van der Waals surface area contributed by atoms with E-state index in [1.165, 1.54) is 0 Å². The van der Waals surface area contributed by atoms with E-state index in [9.17, 15) is 5.11 Å². The Labute approximate surface area is 93.3 Å². The first-order valence-electron chi connectivity index (χ1n) is 5.72. The fourth-order valence-electron chi connectivity index (χ4n) is 1.31. The molecule has 1 rings (SSSR count). The molecule has 1 aromatic rings. The van der Waals surface area contributed by atoms with Crippen molar-refractivity contribution in [1.82, 2.24) is 5.32 Å². The van der Waals surface area contributed by atoms with Crippen LogP contribution in [-0.2, 0) is 0 Å². The van der Waals surface area contributed by atoms with Gasteiger partial charge in [-0.3, -0.25) is 0 Å². The highest BCUT2D eigenvalue weighted by Crippen LogP contribution is 2.16. The molecule has 1 aromatic carbocycles. The van der Waals surface area contributed by atoms with E-state index in [1.54, 1.807) is 0 Å².